The predicted molar refractivity (Wildman–Crippen MR) is 126 cm³/mol. The second-order valence-corrected chi connectivity index (χ2v) is 6.56. The van der Waals surface area contributed by atoms with Crippen molar-refractivity contribution in [1.29, 1.82) is 0 Å². The quantitative estimate of drug-likeness (QED) is 0.246. The molecule has 0 aliphatic carbocycles. The van der Waals surface area contributed by atoms with Gasteiger partial charge in [-0.15, -0.1) is 5.10 Å². The van der Waals surface area contributed by atoms with E-state index in [1.165, 1.54) is 5.01 Å². The third kappa shape index (κ3) is 7.44. The first-order valence-electron chi connectivity index (χ1n) is 9.92. The lowest BCUT2D eigenvalue weighted by Gasteiger charge is -2.20. The average Bonchev–Trinajstić information content (AvgIpc) is 2.82. The SMILES string of the molecule is CCOC/C(Cl)=N/N(/C(=N\Nc1ccc(OC)cc1)C(=O)OCC)c1ccc(OC)cc1. The molecule has 32 heavy (non-hydrogen) atoms. The molecule has 0 heterocycles. The van der Waals surface area contributed by atoms with Gasteiger partial charge in [-0.1, -0.05) is 11.6 Å². The molecular formula is C22H27ClN4O5. The number of carbonyl (C=O) groups excluding carboxylic acids is 1. The number of rotatable bonds is 10. The van der Waals surface area contributed by atoms with E-state index in [4.69, 9.17) is 30.5 Å². The first-order chi connectivity index (χ1) is 15.5. The molecule has 1 N–H and O–H groups in total. The first-order valence-corrected chi connectivity index (χ1v) is 10.3. The van der Waals surface area contributed by atoms with Crippen LogP contribution in [0.4, 0.5) is 11.4 Å². The minimum atomic E-state index is -0.686. The maximum Gasteiger partial charge on any atom is 0.378 e. The number of hydrogen-bond acceptors (Lipinski definition) is 8. The van der Waals surface area contributed by atoms with E-state index in [0.29, 0.717) is 29.5 Å². The van der Waals surface area contributed by atoms with E-state index in [9.17, 15) is 4.79 Å². The summed E-state index contributed by atoms with van der Waals surface area (Å²) in [6.45, 7) is 4.25. The van der Waals surface area contributed by atoms with Crippen molar-refractivity contribution >= 4 is 40.0 Å². The molecular weight excluding hydrogens is 436 g/mol. The van der Waals surface area contributed by atoms with Crippen LogP contribution in [0.2, 0.25) is 0 Å². The van der Waals surface area contributed by atoms with E-state index in [1.807, 2.05) is 6.92 Å². The van der Waals surface area contributed by atoms with Gasteiger partial charge in [-0.3, -0.25) is 5.43 Å². The second kappa shape index (κ2) is 13.2. The molecule has 9 nitrogen and oxygen atoms in total. The molecule has 0 saturated carbocycles. The third-order valence-electron chi connectivity index (χ3n) is 3.99. The predicted octanol–water partition coefficient (Wildman–Crippen LogP) is 4.09. The van der Waals surface area contributed by atoms with Crippen LogP contribution in [0.5, 0.6) is 11.5 Å². The molecule has 10 heteroatoms. The zero-order valence-electron chi connectivity index (χ0n) is 18.5. The second-order valence-electron chi connectivity index (χ2n) is 6.12. The molecule has 0 saturated heterocycles. The van der Waals surface area contributed by atoms with Crippen LogP contribution in [0.1, 0.15) is 13.8 Å². The number of ether oxygens (including phenoxy) is 4. The fraction of sp³-hybridized carbons (Fsp3) is 0.318. The zero-order chi connectivity index (χ0) is 23.3. The van der Waals surface area contributed by atoms with Crippen LogP contribution in [-0.4, -0.2) is 51.0 Å². The third-order valence-corrected chi connectivity index (χ3v) is 4.18. The lowest BCUT2D eigenvalue weighted by atomic mass is 10.3. The van der Waals surface area contributed by atoms with Crippen LogP contribution in [0, 0.1) is 0 Å². The number of amidine groups is 1. The molecule has 0 fully saturated rings. The molecule has 2 aromatic rings. The van der Waals surface area contributed by atoms with Crippen molar-refractivity contribution in [2.45, 2.75) is 13.8 Å². The molecule has 0 radical (unpaired) electrons. The van der Waals surface area contributed by atoms with Gasteiger partial charge in [0, 0.05) is 6.61 Å². The Morgan fingerprint density at radius 2 is 1.56 bits per heavy atom. The van der Waals surface area contributed by atoms with Gasteiger partial charge in [-0.05, 0) is 62.4 Å². The Bertz CT molecular complexity index is 917. The summed E-state index contributed by atoms with van der Waals surface area (Å²) in [6, 6.07) is 13.9. The van der Waals surface area contributed by atoms with Crippen molar-refractivity contribution < 1.29 is 23.7 Å². The summed E-state index contributed by atoms with van der Waals surface area (Å²) in [5.74, 6) is 0.526. The number of methoxy groups -OCH3 is 2. The summed E-state index contributed by atoms with van der Waals surface area (Å²) in [4.78, 5) is 12.8. The summed E-state index contributed by atoms with van der Waals surface area (Å²) in [6.07, 6.45) is 0. The average molecular weight is 463 g/mol. The summed E-state index contributed by atoms with van der Waals surface area (Å²) in [5.41, 5.74) is 3.99. The minimum absolute atomic E-state index is 0.0761. The van der Waals surface area contributed by atoms with Crippen molar-refractivity contribution in [2.75, 3.05) is 44.5 Å². The molecule has 172 valence electrons. The van der Waals surface area contributed by atoms with Crippen molar-refractivity contribution in [1.82, 2.24) is 0 Å². The van der Waals surface area contributed by atoms with E-state index in [2.05, 4.69) is 15.6 Å². The van der Waals surface area contributed by atoms with Crippen molar-refractivity contribution in [3.05, 3.63) is 48.5 Å². The van der Waals surface area contributed by atoms with Gasteiger partial charge in [0.05, 0.1) is 32.2 Å². The number of benzene rings is 2. The van der Waals surface area contributed by atoms with Gasteiger partial charge in [-0.25, -0.2) is 9.80 Å². The molecule has 0 atom stereocenters. The summed E-state index contributed by atoms with van der Waals surface area (Å²) in [7, 11) is 3.14. The smallest absolute Gasteiger partial charge is 0.378 e. The van der Waals surface area contributed by atoms with Crippen molar-refractivity contribution in [3.63, 3.8) is 0 Å². The number of halogens is 1. The number of nitrogens with zero attached hydrogens (tertiary/aromatic N) is 3. The van der Waals surface area contributed by atoms with Crippen molar-refractivity contribution in [2.24, 2.45) is 10.2 Å². The highest BCUT2D eigenvalue weighted by Gasteiger charge is 2.24. The Balaban J connectivity index is 2.46. The highest BCUT2D eigenvalue weighted by atomic mass is 35.5. The number of hydrogen-bond donors (Lipinski definition) is 1. The topological polar surface area (TPSA) is 94.0 Å². The van der Waals surface area contributed by atoms with E-state index < -0.39 is 5.97 Å². The zero-order valence-corrected chi connectivity index (χ0v) is 19.3. The molecule has 0 aliphatic heterocycles. The lowest BCUT2D eigenvalue weighted by Crippen LogP contribution is -2.36. The fourth-order valence-corrected chi connectivity index (χ4v) is 2.59. The Morgan fingerprint density at radius 3 is 2.09 bits per heavy atom. The van der Waals surface area contributed by atoms with Crippen LogP contribution in [0.3, 0.4) is 0 Å². The number of carbonyl (C=O) groups is 1. The molecule has 2 rings (SSSR count). The molecule has 0 aliphatic rings. The monoisotopic (exact) mass is 462 g/mol. The maximum absolute atomic E-state index is 12.8. The van der Waals surface area contributed by atoms with Crippen LogP contribution >= 0.6 is 11.6 Å². The molecule has 2 aromatic carbocycles. The first kappa shape index (κ1) is 25.0. The number of anilines is 2. The highest BCUT2D eigenvalue weighted by molar-refractivity contribution is 6.66. The van der Waals surface area contributed by atoms with Gasteiger partial charge >= 0.3 is 5.97 Å². The number of hydrazone groups is 2. The number of nitrogens with one attached hydrogen (secondary N) is 1. The van der Waals surface area contributed by atoms with E-state index in [0.717, 1.165) is 0 Å². The molecule has 0 bridgehead atoms. The summed E-state index contributed by atoms with van der Waals surface area (Å²) >= 11 is 6.26. The van der Waals surface area contributed by atoms with Gasteiger partial charge in [-0.2, -0.15) is 5.10 Å². The molecule has 0 aromatic heterocycles. The van der Waals surface area contributed by atoms with Gasteiger partial charge < -0.3 is 18.9 Å². The van der Waals surface area contributed by atoms with Crippen molar-refractivity contribution in [3.8, 4) is 11.5 Å². The number of esters is 1. The summed E-state index contributed by atoms with van der Waals surface area (Å²) in [5, 5.41) is 10.0. The summed E-state index contributed by atoms with van der Waals surface area (Å²) < 4.78 is 20.9. The normalized spacial score (nSPS) is 11.7. The Kier molecular flexibility index (Phi) is 10.3. The van der Waals surface area contributed by atoms with Crippen LogP contribution in [-0.2, 0) is 14.3 Å². The van der Waals surface area contributed by atoms with E-state index in [1.54, 1.807) is 69.7 Å². The Hall–Kier alpha value is -3.30. The Labute approximate surface area is 192 Å². The van der Waals surface area contributed by atoms with E-state index in [-0.39, 0.29) is 24.2 Å². The van der Waals surface area contributed by atoms with Crippen LogP contribution in [0.25, 0.3) is 0 Å². The lowest BCUT2D eigenvalue weighted by molar-refractivity contribution is -0.135. The van der Waals surface area contributed by atoms with Gasteiger partial charge in [0.15, 0.2) is 5.17 Å². The molecule has 0 spiro atoms. The fourth-order valence-electron chi connectivity index (χ4n) is 2.43. The van der Waals surface area contributed by atoms with Gasteiger partial charge in [0.25, 0.3) is 5.84 Å². The van der Waals surface area contributed by atoms with Gasteiger partial charge in [0.2, 0.25) is 0 Å². The van der Waals surface area contributed by atoms with E-state index >= 15 is 0 Å². The Morgan fingerprint density at radius 1 is 0.969 bits per heavy atom. The maximum atomic E-state index is 12.8. The molecule has 0 amide bonds. The standard InChI is InChI=1S/C22H27ClN4O5/c1-5-31-15-20(23)26-27(17-9-13-19(30-4)14-10-17)21(22(28)32-6-2)25-24-16-7-11-18(29-3)12-8-16/h7-14,24H,5-6,15H2,1-4H3/b25-21-,26-20-. The largest absolute Gasteiger partial charge is 0.497 e. The molecule has 0 unspecified atom stereocenters. The van der Waals surface area contributed by atoms with Gasteiger partial charge in [0.1, 0.15) is 18.1 Å². The minimum Gasteiger partial charge on any atom is -0.497 e. The van der Waals surface area contributed by atoms with Crippen LogP contribution in [0.15, 0.2) is 58.7 Å². The highest BCUT2D eigenvalue weighted by Crippen LogP contribution is 2.22. The van der Waals surface area contributed by atoms with Crippen LogP contribution < -0.4 is 19.9 Å².